The van der Waals surface area contributed by atoms with Crippen molar-refractivity contribution in [1.82, 2.24) is 4.90 Å². The molecular weight excluding hydrogens is 358 g/mol. The lowest BCUT2D eigenvalue weighted by Crippen LogP contribution is -2.44. The molecular formula is C18H25NO6S. The van der Waals surface area contributed by atoms with Gasteiger partial charge in [-0.1, -0.05) is 0 Å². The van der Waals surface area contributed by atoms with E-state index in [4.69, 9.17) is 9.84 Å². The molecule has 0 bridgehead atoms. The summed E-state index contributed by atoms with van der Waals surface area (Å²) in [7, 11) is -1.99. The largest absolute Gasteiger partial charge is 0.481 e. The van der Waals surface area contributed by atoms with Gasteiger partial charge in [0.1, 0.15) is 0 Å². The third-order valence-corrected chi connectivity index (χ3v) is 6.29. The third-order valence-electron chi connectivity index (χ3n) is 4.60. The van der Waals surface area contributed by atoms with Crippen LogP contribution in [0.4, 0.5) is 0 Å². The predicted octanol–water partition coefficient (Wildman–Crippen LogP) is 1.97. The lowest BCUT2D eigenvalue weighted by molar-refractivity contribution is -0.137. The van der Waals surface area contributed by atoms with Crippen LogP contribution in [0, 0.1) is 0 Å². The van der Waals surface area contributed by atoms with Gasteiger partial charge in [-0.15, -0.1) is 0 Å². The maximum Gasteiger partial charge on any atom is 0.303 e. The van der Waals surface area contributed by atoms with Crippen molar-refractivity contribution < 1.29 is 27.9 Å². The first-order valence-electron chi connectivity index (χ1n) is 8.69. The molecule has 1 aromatic carbocycles. The van der Waals surface area contributed by atoms with Gasteiger partial charge in [-0.3, -0.25) is 9.59 Å². The van der Waals surface area contributed by atoms with Gasteiger partial charge < -0.3 is 14.7 Å². The summed E-state index contributed by atoms with van der Waals surface area (Å²) in [5.41, 5.74) is 0.415. The van der Waals surface area contributed by atoms with Crippen LogP contribution in [0.5, 0.6) is 0 Å². The molecule has 1 unspecified atom stereocenters. The SMILES string of the molecule is COCCS(=O)(=O)c1ccc(C(=O)N2CCCCC2CCC(=O)O)cc1. The molecule has 1 amide bonds. The molecule has 2 rings (SSSR count). The Kier molecular flexibility index (Phi) is 7.16. The average Bonchev–Trinajstić information content (AvgIpc) is 2.64. The van der Waals surface area contributed by atoms with Gasteiger partial charge >= 0.3 is 5.97 Å². The summed E-state index contributed by atoms with van der Waals surface area (Å²) in [6, 6.07) is 5.83. The Labute approximate surface area is 153 Å². The minimum atomic E-state index is -3.43. The van der Waals surface area contributed by atoms with E-state index in [1.54, 1.807) is 4.90 Å². The Morgan fingerprint density at radius 3 is 2.54 bits per heavy atom. The number of carboxylic acids is 1. The predicted molar refractivity (Wildman–Crippen MR) is 95.9 cm³/mol. The van der Waals surface area contributed by atoms with Crippen molar-refractivity contribution in [2.45, 2.75) is 43.0 Å². The summed E-state index contributed by atoms with van der Waals surface area (Å²) in [5.74, 6) is -1.16. The number of carbonyl (C=O) groups excluding carboxylic acids is 1. The van der Waals surface area contributed by atoms with Crippen molar-refractivity contribution in [1.29, 1.82) is 0 Å². The Morgan fingerprint density at radius 1 is 1.23 bits per heavy atom. The molecule has 8 heteroatoms. The van der Waals surface area contributed by atoms with Crippen LogP contribution in [0.3, 0.4) is 0 Å². The lowest BCUT2D eigenvalue weighted by atomic mass is 9.97. The third kappa shape index (κ3) is 5.28. The molecule has 0 saturated carbocycles. The van der Waals surface area contributed by atoms with Crippen LogP contribution < -0.4 is 0 Å². The van der Waals surface area contributed by atoms with Crippen molar-refractivity contribution in [3.63, 3.8) is 0 Å². The zero-order chi connectivity index (χ0) is 19.2. The van der Waals surface area contributed by atoms with Gasteiger partial charge in [0.05, 0.1) is 17.3 Å². The van der Waals surface area contributed by atoms with Crippen molar-refractivity contribution in [2.24, 2.45) is 0 Å². The van der Waals surface area contributed by atoms with Crippen LogP contribution >= 0.6 is 0 Å². The first kappa shape index (κ1) is 20.4. The number of piperidine rings is 1. The highest BCUT2D eigenvalue weighted by molar-refractivity contribution is 7.91. The quantitative estimate of drug-likeness (QED) is 0.736. The highest BCUT2D eigenvalue weighted by Crippen LogP contribution is 2.23. The fourth-order valence-electron chi connectivity index (χ4n) is 3.14. The Hall–Kier alpha value is -1.93. The smallest absolute Gasteiger partial charge is 0.303 e. The first-order chi connectivity index (χ1) is 12.3. The van der Waals surface area contributed by atoms with Gasteiger partial charge in [-0.25, -0.2) is 8.42 Å². The molecule has 1 saturated heterocycles. The van der Waals surface area contributed by atoms with Crippen LogP contribution in [0.15, 0.2) is 29.2 Å². The fraction of sp³-hybridized carbons (Fsp3) is 0.556. The number of aliphatic carboxylic acids is 1. The van der Waals surface area contributed by atoms with E-state index in [0.717, 1.165) is 19.3 Å². The summed E-state index contributed by atoms with van der Waals surface area (Å²) in [5, 5.41) is 8.89. The maximum absolute atomic E-state index is 12.8. The van der Waals surface area contributed by atoms with E-state index < -0.39 is 15.8 Å². The first-order valence-corrected chi connectivity index (χ1v) is 10.3. The number of sulfone groups is 1. The molecule has 1 heterocycles. The van der Waals surface area contributed by atoms with Crippen LogP contribution in [0.25, 0.3) is 0 Å². The van der Waals surface area contributed by atoms with Crippen LogP contribution in [0.1, 0.15) is 42.5 Å². The van der Waals surface area contributed by atoms with Gasteiger partial charge in [-0.05, 0) is 49.9 Å². The molecule has 1 atom stereocenters. The molecule has 1 fully saturated rings. The number of carbonyl (C=O) groups is 2. The summed E-state index contributed by atoms with van der Waals surface area (Å²) < 4.78 is 29.1. The molecule has 0 spiro atoms. The minimum Gasteiger partial charge on any atom is -0.481 e. The second kappa shape index (κ2) is 9.14. The Morgan fingerprint density at radius 2 is 1.92 bits per heavy atom. The van der Waals surface area contributed by atoms with Crippen LogP contribution in [0.2, 0.25) is 0 Å². The number of hydrogen-bond donors (Lipinski definition) is 1. The number of carboxylic acid groups (broad SMARTS) is 1. The number of rotatable bonds is 8. The van der Waals surface area contributed by atoms with Gasteiger partial charge in [-0.2, -0.15) is 0 Å². The van der Waals surface area contributed by atoms with Crippen LogP contribution in [-0.2, 0) is 19.4 Å². The molecule has 1 N–H and O–H groups in total. The van der Waals surface area contributed by atoms with Crippen molar-refractivity contribution >= 4 is 21.7 Å². The molecule has 1 aliphatic heterocycles. The summed E-state index contributed by atoms with van der Waals surface area (Å²) in [6.07, 6.45) is 3.13. The van der Waals surface area contributed by atoms with E-state index in [1.165, 1.54) is 31.4 Å². The average molecular weight is 383 g/mol. The standard InChI is InChI=1S/C18H25NO6S/c1-25-12-13-26(23,24)16-8-5-14(6-9-16)18(22)19-11-3-2-4-15(19)7-10-17(20)21/h5-6,8-9,15H,2-4,7,10-13H2,1H3,(H,20,21). The number of likely N-dealkylation sites (tertiary alicyclic amines) is 1. The lowest BCUT2D eigenvalue weighted by Gasteiger charge is -2.35. The molecule has 1 aromatic rings. The van der Waals surface area contributed by atoms with Crippen molar-refractivity contribution in [3.05, 3.63) is 29.8 Å². The van der Waals surface area contributed by atoms with Gasteiger partial charge in [0.2, 0.25) is 0 Å². The molecule has 1 aliphatic rings. The zero-order valence-corrected chi connectivity index (χ0v) is 15.7. The van der Waals surface area contributed by atoms with E-state index in [1.807, 2.05) is 0 Å². The number of amides is 1. The summed E-state index contributed by atoms with van der Waals surface area (Å²) in [6.45, 7) is 0.707. The van der Waals surface area contributed by atoms with Gasteiger partial charge in [0, 0.05) is 31.7 Å². The van der Waals surface area contributed by atoms with E-state index in [-0.39, 0.29) is 35.6 Å². The maximum atomic E-state index is 12.8. The normalized spacial score (nSPS) is 17.9. The number of nitrogens with zero attached hydrogens (tertiary/aromatic N) is 1. The summed E-state index contributed by atoms with van der Waals surface area (Å²) in [4.78, 5) is 25.5. The van der Waals surface area contributed by atoms with Gasteiger partial charge in [0.15, 0.2) is 9.84 Å². The van der Waals surface area contributed by atoms with Crippen molar-refractivity contribution in [3.8, 4) is 0 Å². The van der Waals surface area contributed by atoms with Gasteiger partial charge in [0.25, 0.3) is 5.91 Å². The second-order valence-corrected chi connectivity index (χ2v) is 8.53. The summed E-state index contributed by atoms with van der Waals surface area (Å²) >= 11 is 0. The number of hydrogen-bond acceptors (Lipinski definition) is 5. The van der Waals surface area contributed by atoms with Crippen LogP contribution in [-0.4, -0.2) is 62.4 Å². The molecule has 0 radical (unpaired) electrons. The zero-order valence-electron chi connectivity index (χ0n) is 14.9. The molecule has 0 aromatic heterocycles. The highest BCUT2D eigenvalue weighted by atomic mass is 32.2. The van der Waals surface area contributed by atoms with E-state index in [9.17, 15) is 18.0 Å². The molecule has 144 valence electrons. The topological polar surface area (TPSA) is 101 Å². The monoisotopic (exact) mass is 383 g/mol. The van der Waals surface area contributed by atoms with E-state index in [0.29, 0.717) is 18.5 Å². The van der Waals surface area contributed by atoms with Crippen molar-refractivity contribution in [2.75, 3.05) is 26.0 Å². The van der Waals surface area contributed by atoms with E-state index in [2.05, 4.69) is 0 Å². The second-order valence-electron chi connectivity index (χ2n) is 6.42. The Bertz CT molecular complexity index is 729. The fourth-order valence-corrected chi connectivity index (χ4v) is 4.31. The molecule has 0 aliphatic carbocycles. The molecule has 26 heavy (non-hydrogen) atoms. The van der Waals surface area contributed by atoms with E-state index >= 15 is 0 Å². The minimum absolute atomic E-state index is 0.0329. The number of methoxy groups -OCH3 is 1. The number of ether oxygens (including phenoxy) is 1. The number of benzene rings is 1. The Balaban J connectivity index is 2.11. The highest BCUT2D eigenvalue weighted by Gasteiger charge is 2.28. The molecule has 7 nitrogen and oxygen atoms in total.